The predicted molar refractivity (Wildman–Crippen MR) is 108 cm³/mol. The monoisotopic (exact) mass is 398 g/mol. The summed E-state index contributed by atoms with van der Waals surface area (Å²) in [5.74, 6) is 0.954. The first kappa shape index (κ1) is 20.5. The van der Waals surface area contributed by atoms with Crippen molar-refractivity contribution >= 4 is 11.8 Å². The molecule has 1 heterocycles. The SMILES string of the molecule is COc1ccc(CC(=O)NC2CCN(C(=O)c3ccccc3O)CC2)cc1OC. The Morgan fingerprint density at radius 1 is 1.07 bits per heavy atom. The number of hydrogen-bond acceptors (Lipinski definition) is 5. The number of ether oxygens (including phenoxy) is 2. The second-order valence-electron chi connectivity index (χ2n) is 7.02. The lowest BCUT2D eigenvalue weighted by atomic mass is 10.0. The molecule has 1 saturated heterocycles. The highest BCUT2D eigenvalue weighted by Gasteiger charge is 2.25. The van der Waals surface area contributed by atoms with E-state index in [4.69, 9.17) is 9.47 Å². The summed E-state index contributed by atoms with van der Waals surface area (Å²) in [6.45, 7) is 1.07. The number of likely N-dealkylation sites (tertiary alicyclic amines) is 1. The fourth-order valence-corrected chi connectivity index (χ4v) is 3.51. The van der Waals surface area contributed by atoms with Crippen molar-refractivity contribution in [3.8, 4) is 17.2 Å². The number of rotatable bonds is 6. The van der Waals surface area contributed by atoms with Crippen molar-refractivity contribution in [2.24, 2.45) is 0 Å². The number of nitrogens with zero attached hydrogens (tertiary/aromatic N) is 1. The molecule has 0 atom stereocenters. The van der Waals surface area contributed by atoms with Crippen LogP contribution in [0, 0.1) is 0 Å². The van der Waals surface area contributed by atoms with Gasteiger partial charge in [-0.2, -0.15) is 0 Å². The Bertz CT molecular complexity index is 875. The van der Waals surface area contributed by atoms with E-state index in [0.29, 0.717) is 43.0 Å². The Balaban J connectivity index is 1.51. The highest BCUT2D eigenvalue weighted by Crippen LogP contribution is 2.27. The fourth-order valence-electron chi connectivity index (χ4n) is 3.51. The first-order valence-corrected chi connectivity index (χ1v) is 9.59. The number of hydrogen-bond donors (Lipinski definition) is 2. The second kappa shape index (κ2) is 9.32. The molecule has 2 N–H and O–H groups in total. The van der Waals surface area contributed by atoms with Gasteiger partial charge < -0.3 is 24.8 Å². The summed E-state index contributed by atoms with van der Waals surface area (Å²) in [4.78, 5) is 26.7. The van der Waals surface area contributed by atoms with Crippen molar-refractivity contribution in [2.75, 3.05) is 27.3 Å². The molecule has 0 aliphatic carbocycles. The lowest BCUT2D eigenvalue weighted by Crippen LogP contribution is -2.46. The molecular formula is C22H26N2O5. The summed E-state index contributed by atoms with van der Waals surface area (Å²) >= 11 is 0. The lowest BCUT2D eigenvalue weighted by Gasteiger charge is -2.32. The van der Waals surface area contributed by atoms with Crippen LogP contribution >= 0.6 is 0 Å². The van der Waals surface area contributed by atoms with Crippen molar-refractivity contribution in [3.63, 3.8) is 0 Å². The van der Waals surface area contributed by atoms with Gasteiger partial charge in [-0.25, -0.2) is 0 Å². The Kier molecular flexibility index (Phi) is 6.59. The third-order valence-electron chi connectivity index (χ3n) is 5.09. The molecule has 3 rings (SSSR count). The molecule has 0 aromatic heterocycles. The third kappa shape index (κ3) is 4.99. The predicted octanol–water partition coefficient (Wildman–Crippen LogP) is 2.37. The van der Waals surface area contributed by atoms with Gasteiger partial charge in [0.05, 0.1) is 26.2 Å². The van der Waals surface area contributed by atoms with Gasteiger partial charge in [-0.05, 0) is 42.7 Å². The number of carbonyl (C=O) groups is 2. The molecule has 2 amide bonds. The molecule has 0 radical (unpaired) electrons. The standard InChI is InChI=1S/C22H26N2O5/c1-28-19-8-7-15(13-20(19)29-2)14-21(26)23-16-9-11-24(12-10-16)22(27)17-5-3-4-6-18(17)25/h3-8,13,16,25H,9-12,14H2,1-2H3,(H,23,26). The topological polar surface area (TPSA) is 88.1 Å². The Labute approximate surface area is 170 Å². The van der Waals surface area contributed by atoms with Crippen LogP contribution in [-0.2, 0) is 11.2 Å². The summed E-state index contributed by atoms with van der Waals surface area (Å²) in [5, 5.41) is 12.9. The molecule has 0 saturated carbocycles. The largest absolute Gasteiger partial charge is 0.507 e. The number of carbonyl (C=O) groups excluding carboxylic acids is 2. The van der Waals surface area contributed by atoms with E-state index in [-0.39, 0.29) is 30.0 Å². The van der Waals surface area contributed by atoms with Gasteiger partial charge in [0.2, 0.25) is 5.91 Å². The van der Waals surface area contributed by atoms with E-state index in [1.807, 2.05) is 6.07 Å². The molecule has 2 aromatic carbocycles. The molecule has 154 valence electrons. The number of phenols is 1. The van der Waals surface area contributed by atoms with E-state index < -0.39 is 0 Å². The van der Waals surface area contributed by atoms with E-state index in [1.165, 1.54) is 6.07 Å². The zero-order valence-electron chi connectivity index (χ0n) is 16.7. The van der Waals surface area contributed by atoms with Crippen molar-refractivity contribution in [1.29, 1.82) is 0 Å². The van der Waals surface area contributed by atoms with Gasteiger partial charge >= 0.3 is 0 Å². The molecule has 7 heteroatoms. The number of nitrogens with one attached hydrogen (secondary N) is 1. The quantitative estimate of drug-likeness (QED) is 0.780. The van der Waals surface area contributed by atoms with Crippen LogP contribution in [0.15, 0.2) is 42.5 Å². The highest BCUT2D eigenvalue weighted by molar-refractivity contribution is 5.96. The molecular weight excluding hydrogens is 372 g/mol. The molecule has 7 nitrogen and oxygen atoms in total. The minimum absolute atomic E-state index is 0.0113. The Morgan fingerprint density at radius 3 is 2.41 bits per heavy atom. The van der Waals surface area contributed by atoms with Gasteiger partial charge in [0.15, 0.2) is 11.5 Å². The minimum Gasteiger partial charge on any atom is -0.507 e. The van der Waals surface area contributed by atoms with Gasteiger partial charge in [0.1, 0.15) is 5.75 Å². The van der Waals surface area contributed by atoms with Crippen LogP contribution in [0.25, 0.3) is 0 Å². The van der Waals surface area contributed by atoms with E-state index in [0.717, 1.165) is 5.56 Å². The molecule has 1 fully saturated rings. The van der Waals surface area contributed by atoms with Crippen LogP contribution in [0.3, 0.4) is 0 Å². The molecule has 0 unspecified atom stereocenters. The van der Waals surface area contributed by atoms with E-state index >= 15 is 0 Å². The summed E-state index contributed by atoms with van der Waals surface area (Å²) in [6, 6.07) is 12.0. The van der Waals surface area contributed by atoms with Crippen LogP contribution in [-0.4, -0.2) is 55.2 Å². The molecule has 0 spiro atoms. The third-order valence-corrected chi connectivity index (χ3v) is 5.09. The number of phenolic OH excluding ortho intramolecular Hbond substituents is 1. The maximum Gasteiger partial charge on any atom is 0.257 e. The molecule has 29 heavy (non-hydrogen) atoms. The first-order chi connectivity index (χ1) is 14.0. The zero-order valence-corrected chi connectivity index (χ0v) is 16.7. The molecule has 1 aliphatic heterocycles. The smallest absolute Gasteiger partial charge is 0.257 e. The van der Waals surface area contributed by atoms with Crippen LogP contribution < -0.4 is 14.8 Å². The number of piperidine rings is 1. The van der Waals surface area contributed by atoms with Crippen molar-refractivity contribution < 1.29 is 24.2 Å². The van der Waals surface area contributed by atoms with Gasteiger partial charge in [-0.15, -0.1) is 0 Å². The second-order valence-corrected chi connectivity index (χ2v) is 7.02. The summed E-state index contributed by atoms with van der Waals surface area (Å²) in [5.41, 5.74) is 1.15. The summed E-state index contributed by atoms with van der Waals surface area (Å²) < 4.78 is 10.5. The number of benzene rings is 2. The number of methoxy groups -OCH3 is 2. The summed E-state index contributed by atoms with van der Waals surface area (Å²) in [6.07, 6.45) is 1.60. The van der Waals surface area contributed by atoms with Crippen molar-refractivity contribution in [1.82, 2.24) is 10.2 Å². The zero-order chi connectivity index (χ0) is 20.8. The van der Waals surface area contributed by atoms with Crippen LogP contribution in [0.2, 0.25) is 0 Å². The van der Waals surface area contributed by atoms with Gasteiger partial charge in [-0.1, -0.05) is 18.2 Å². The molecule has 2 aromatic rings. The number of amides is 2. The van der Waals surface area contributed by atoms with E-state index in [2.05, 4.69) is 5.32 Å². The lowest BCUT2D eigenvalue weighted by molar-refractivity contribution is -0.121. The van der Waals surface area contributed by atoms with E-state index in [1.54, 1.807) is 49.5 Å². The Hall–Kier alpha value is -3.22. The number of aromatic hydroxyl groups is 1. The summed E-state index contributed by atoms with van der Waals surface area (Å²) in [7, 11) is 3.13. The van der Waals surface area contributed by atoms with E-state index in [9.17, 15) is 14.7 Å². The van der Waals surface area contributed by atoms with Crippen LogP contribution in [0.5, 0.6) is 17.2 Å². The van der Waals surface area contributed by atoms with Gasteiger partial charge in [0, 0.05) is 19.1 Å². The van der Waals surface area contributed by atoms with Gasteiger partial charge in [0.25, 0.3) is 5.91 Å². The highest BCUT2D eigenvalue weighted by atomic mass is 16.5. The fraction of sp³-hybridized carbons (Fsp3) is 0.364. The maximum atomic E-state index is 12.6. The number of para-hydroxylation sites is 1. The van der Waals surface area contributed by atoms with Crippen LogP contribution in [0.1, 0.15) is 28.8 Å². The van der Waals surface area contributed by atoms with Gasteiger partial charge in [-0.3, -0.25) is 9.59 Å². The normalized spacial score (nSPS) is 14.3. The average molecular weight is 398 g/mol. The molecule has 1 aliphatic rings. The molecule has 0 bridgehead atoms. The minimum atomic E-state index is -0.182. The maximum absolute atomic E-state index is 12.6. The average Bonchev–Trinajstić information content (AvgIpc) is 2.74. The first-order valence-electron chi connectivity index (χ1n) is 9.59. The van der Waals surface area contributed by atoms with Crippen molar-refractivity contribution in [3.05, 3.63) is 53.6 Å². The van der Waals surface area contributed by atoms with Crippen molar-refractivity contribution in [2.45, 2.75) is 25.3 Å². The van der Waals surface area contributed by atoms with Crippen LogP contribution in [0.4, 0.5) is 0 Å². The Morgan fingerprint density at radius 2 is 1.76 bits per heavy atom.